The molecule has 15 heavy (non-hydrogen) atoms. The van der Waals surface area contributed by atoms with E-state index in [-0.39, 0.29) is 5.91 Å². The number of ether oxygens (including phenoxy) is 1. The van der Waals surface area contributed by atoms with Gasteiger partial charge in [0.2, 0.25) is 5.91 Å². The van der Waals surface area contributed by atoms with Crippen molar-refractivity contribution in [3.05, 3.63) is 23.8 Å². The molecule has 1 aliphatic heterocycles. The highest BCUT2D eigenvalue weighted by molar-refractivity contribution is 6.03. The summed E-state index contributed by atoms with van der Waals surface area (Å²) in [6.07, 6.45) is 0.934. The van der Waals surface area contributed by atoms with E-state index in [0.29, 0.717) is 12.4 Å². The largest absolute Gasteiger partial charge is 0.491 e. The standard InChI is InChI=1S/C11H14N2O2/c1-2-6-15-8-5-3-4-7-9(12)11(14)13-10(7)8/h3-5,9H,2,6,12H2,1H3,(H,13,14). The molecule has 0 bridgehead atoms. The van der Waals surface area contributed by atoms with Gasteiger partial charge in [0.25, 0.3) is 0 Å². The highest BCUT2D eigenvalue weighted by Gasteiger charge is 2.29. The third-order valence-electron chi connectivity index (χ3n) is 2.39. The van der Waals surface area contributed by atoms with Crippen LogP contribution in [0.15, 0.2) is 18.2 Å². The number of nitrogens with one attached hydrogen (secondary N) is 1. The summed E-state index contributed by atoms with van der Waals surface area (Å²) in [7, 11) is 0. The van der Waals surface area contributed by atoms with Crippen LogP contribution in [0.25, 0.3) is 0 Å². The molecule has 0 saturated carbocycles. The van der Waals surface area contributed by atoms with Crippen LogP contribution >= 0.6 is 0 Å². The fourth-order valence-electron chi connectivity index (χ4n) is 1.62. The Morgan fingerprint density at radius 1 is 1.53 bits per heavy atom. The molecule has 3 N–H and O–H groups in total. The van der Waals surface area contributed by atoms with Crippen molar-refractivity contribution in [2.24, 2.45) is 5.73 Å². The number of carbonyl (C=O) groups is 1. The number of carbonyl (C=O) groups excluding carboxylic acids is 1. The first-order chi connectivity index (χ1) is 7.24. The number of hydrogen-bond acceptors (Lipinski definition) is 3. The monoisotopic (exact) mass is 206 g/mol. The lowest BCUT2D eigenvalue weighted by atomic mass is 10.1. The summed E-state index contributed by atoms with van der Waals surface area (Å²) in [5, 5.41) is 2.74. The minimum absolute atomic E-state index is 0.169. The van der Waals surface area contributed by atoms with Gasteiger partial charge in [-0.1, -0.05) is 19.1 Å². The molecule has 1 atom stereocenters. The van der Waals surface area contributed by atoms with Crippen LogP contribution in [0.2, 0.25) is 0 Å². The minimum Gasteiger partial charge on any atom is -0.491 e. The Morgan fingerprint density at radius 2 is 2.33 bits per heavy atom. The van der Waals surface area contributed by atoms with Crippen molar-refractivity contribution in [1.29, 1.82) is 0 Å². The highest BCUT2D eigenvalue weighted by atomic mass is 16.5. The summed E-state index contributed by atoms with van der Waals surface area (Å²) in [4.78, 5) is 11.4. The van der Waals surface area contributed by atoms with Crippen LogP contribution in [-0.2, 0) is 4.79 Å². The van der Waals surface area contributed by atoms with Gasteiger partial charge < -0.3 is 15.8 Å². The van der Waals surface area contributed by atoms with E-state index in [0.717, 1.165) is 17.7 Å². The van der Waals surface area contributed by atoms with Gasteiger partial charge in [-0.3, -0.25) is 4.79 Å². The summed E-state index contributed by atoms with van der Waals surface area (Å²) in [6, 6.07) is 4.97. The van der Waals surface area contributed by atoms with Gasteiger partial charge in [-0.2, -0.15) is 0 Å². The molecular formula is C11H14N2O2. The number of hydrogen-bond donors (Lipinski definition) is 2. The van der Waals surface area contributed by atoms with Crippen molar-refractivity contribution in [2.45, 2.75) is 19.4 Å². The van der Waals surface area contributed by atoms with Gasteiger partial charge in [0.15, 0.2) is 0 Å². The zero-order valence-corrected chi connectivity index (χ0v) is 8.62. The molecule has 2 rings (SSSR count). The van der Waals surface area contributed by atoms with Crippen molar-refractivity contribution in [3.63, 3.8) is 0 Å². The van der Waals surface area contributed by atoms with E-state index in [1.807, 2.05) is 25.1 Å². The number of para-hydroxylation sites is 1. The molecule has 0 aromatic heterocycles. The number of amides is 1. The number of fused-ring (bicyclic) bond motifs is 1. The van der Waals surface area contributed by atoms with E-state index >= 15 is 0 Å². The second-order valence-corrected chi connectivity index (χ2v) is 3.54. The fraction of sp³-hybridized carbons (Fsp3) is 0.364. The quantitative estimate of drug-likeness (QED) is 0.786. The van der Waals surface area contributed by atoms with Crippen LogP contribution in [-0.4, -0.2) is 12.5 Å². The number of benzene rings is 1. The van der Waals surface area contributed by atoms with Crippen LogP contribution in [0, 0.1) is 0 Å². The van der Waals surface area contributed by atoms with Gasteiger partial charge >= 0.3 is 0 Å². The van der Waals surface area contributed by atoms with Crippen LogP contribution in [0.1, 0.15) is 24.9 Å². The van der Waals surface area contributed by atoms with E-state index in [1.54, 1.807) is 0 Å². The number of nitrogens with two attached hydrogens (primary N) is 1. The molecule has 4 heteroatoms. The number of rotatable bonds is 3. The summed E-state index contributed by atoms with van der Waals surface area (Å²) in [5.41, 5.74) is 7.26. The summed E-state index contributed by atoms with van der Waals surface area (Å²) in [5.74, 6) is 0.535. The lowest BCUT2D eigenvalue weighted by Crippen LogP contribution is -2.19. The van der Waals surface area contributed by atoms with Crippen molar-refractivity contribution >= 4 is 11.6 Å². The van der Waals surface area contributed by atoms with Crippen molar-refractivity contribution in [3.8, 4) is 5.75 Å². The molecule has 0 fully saturated rings. The predicted molar refractivity (Wildman–Crippen MR) is 57.8 cm³/mol. The van der Waals surface area contributed by atoms with Gasteiger partial charge in [0.05, 0.1) is 12.3 Å². The van der Waals surface area contributed by atoms with Crippen molar-refractivity contribution in [2.75, 3.05) is 11.9 Å². The lowest BCUT2D eigenvalue weighted by Gasteiger charge is -2.09. The average molecular weight is 206 g/mol. The lowest BCUT2D eigenvalue weighted by molar-refractivity contribution is -0.116. The smallest absolute Gasteiger partial charge is 0.246 e. The molecule has 0 aliphatic carbocycles. The van der Waals surface area contributed by atoms with E-state index in [2.05, 4.69) is 5.32 Å². The van der Waals surface area contributed by atoms with E-state index in [9.17, 15) is 4.79 Å². The molecular weight excluding hydrogens is 192 g/mol. The second-order valence-electron chi connectivity index (χ2n) is 3.54. The maximum Gasteiger partial charge on any atom is 0.246 e. The molecule has 0 saturated heterocycles. The van der Waals surface area contributed by atoms with Crippen molar-refractivity contribution < 1.29 is 9.53 Å². The molecule has 1 aromatic carbocycles. The van der Waals surface area contributed by atoms with Gasteiger partial charge in [-0.25, -0.2) is 0 Å². The Hall–Kier alpha value is -1.55. The van der Waals surface area contributed by atoms with Crippen LogP contribution in [0.4, 0.5) is 5.69 Å². The fourth-order valence-corrected chi connectivity index (χ4v) is 1.62. The summed E-state index contributed by atoms with van der Waals surface area (Å²) < 4.78 is 5.52. The first kappa shape index (κ1) is 9.98. The van der Waals surface area contributed by atoms with E-state index in [4.69, 9.17) is 10.5 Å². The molecule has 0 radical (unpaired) electrons. The Kier molecular flexibility index (Phi) is 2.60. The van der Waals surface area contributed by atoms with E-state index in [1.165, 1.54) is 0 Å². The molecule has 80 valence electrons. The maximum atomic E-state index is 11.4. The Balaban J connectivity index is 2.32. The topological polar surface area (TPSA) is 64.3 Å². The SMILES string of the molecule is CCCOc1cccc2c1NC(=O)C2N. The number of anilines is 1. The first-order valence-electron chi connectivity index (χ1n) is 5.06. The molecule has 1 amide bonds. The average Bonchev–Trinajstić information content (AvgIpc) is 2.53. The summed E-state index contributed by atoms with van der Waals surface area (Å²) in [6.45, 7) is 2.68. The third-order valence-corrected chi connectivity index (χ3v) is 2.39. The van der Waals surface area contributed by atoms with E-state index < -0.39 is 6.04 Å². The van der Waals surface area contributed by atoms with Gasteiger partial charge in [0.1, 0.15) is 11.8 Å². The second kappa shape index (κ2) is 3.90. The first-order valence-corrected chi connectivity index (χ1v) is 5.06. The molecule has 4 nitrogen and oxygen atoms in total. The maximum absolute atomic E-state index is 11.4. The molecule has 1 aliphatic rings. The zero-order valence-electron chi connectivity index (χ0n) is 8.62. The molecule has 1 aromatic rings. The van der Waals surface area contributed by atoms with Crippen LogP contribution < -0.4 is 15.8 Å². The van der Waals surface area contributed by atoms with Gasteiger partial charge in [-0.15, -0.1) is 0 Å². The normalized spacial score (nSPS) is 18.5. The van der Waals surface area contributed by atoms with Crippen LogP contribution in [0.3, 0.4) is 0 Å². The minimum atomic E-state index is -0.565. The van der Waals surface area contributed by atoms with Gasteiger partial charge in [0, 0.05) is 5.56 Å². The highest BCUT2D eigenvalue weighted by Crippen LogP contribution is 2.36. The third kappa shape index (κ3) is 1.68. The Labute approximate surface area is 88.4 Å². The van der Waals surface area contributed by atoms with Gasteiger partial charge in [-0.05, 0) is 12.5 Å². The predicted octanol–water partition coefficient (Wildman–Crippen LogP) is 1.43. The molecule has 1 heterocycles. The zero-order chi connectivity index (χ0) is 10.8. The molecule has 1 unspecified atom stereocenters. The Bertz CT molecular complexity index is 390. The molecule has 0 spiro atoms. The summed E-state index contributed by atoms with van der Waals surface area (Å²) >= 11 is 0. The Morgan fingerprint density at radius 3 is 3.07 bits per heavy atom. The van der Waals surface area contributed by atoms with Crippen LogP contribution in [0.5, 0.6) is 5.75 Å². The van der Waals surface area contributed by atoms with Crippen molar-refractivity contribution in [1.82, 2.24) is 0 Å².